The molecule has 0 saturated heterocycles. The van der Waals surface area contributed by atoms with Crippen molar-refractivity contribution >= 4 is 17.5 Å². The Morgan fingerprint density at radius 3 is 2.47 bits per heavy atom. The number of carbonyl (C=O) groups is 2. The van der Waals surface area contributed by atoms with Gasteiger partial charge in [-0.1, -0.05) is 38.1 Å². The number of fused-ring (bicyclic) bond motifs is 1. The van der Waals surface area contributed by atoms with Gasteiger partial charge in [0, 0.05) is 18.8 Å². The van der Waals surface area contributed by atoms with Crippen LogP contribution in [0.15, 0.2) is 54.3 Å². The summed E-state index contributed by atoms with van der Waals surface area (Å²) in [6, 6.07) is 7.02. The summed E-state index contributed by atoms with van der Waals surface area (Å²) >= 11 is 0. The van der Waals surface area contributed by atoms with Gasteiger partial charge >= 0.3 is 11.9 Å². The van der Waals surface area contributed by atoms with Crippen LogP contribution >= 0.6 is 0 Å². The minimum Gasteiger partial charge on any atom is -0.493 e. The lowest BCUT2D eigenvalue weighted by Crippen LogP contribution is -2.31. The van der Waals surface area contributed by atoms with Crippen LogP contribution in [0, 0.1) is 5.92 Å². The first-order chi connectivity index (χ1) is 17.3. The minimum atomic E-state index is -0.965. The fraction of sp³-hybridized carbons (Fsp3) is 0.481. The number of aliphatic hydroxyl groups is 3. The number of benzene rings is 1. The summed E-state index contributed by atoms with van der Waals surface area (Å²) in [6.45, 7) is 3.52. The van der Waals surface area contributed by atoms with E-state index in [-0.39, 0.29) is 32.2 Å². The summed E-state index contributed by atoms with van der Waals surface area (Å²) in [5, 5.41) is 29.3. The van der Waals surface area contributed by atoms with Crippen molar-refractivity contribution in [1.82, 2.24) is 0 Å². The molecule has 5 atom stereocenters. The average molecular weight is 503 g/mol. The van der Waals surface area contributed by atoms with Crippen molar-refractivity contribution in [2.24, 2.45) is 5.92 Å². The lowest BCUT2D eigenvalue weighted by atomic mass is 9.90. The number of esters is 2. The van der Waals surface area contributed by atoms with Crippen molar-refractivity contribution in [1.29, 1.82) is 0 Å². The average Bonchev–Trinajstić information content (AvgIpc) is 2.89. The number of hydrogen-bond donors (Lipinski definition) is 3. The molecular formula is C27H34O9. The first-order valence-electron chi connectivity index (χ1n) is 12.2. The summed E-state index contributed by atoms with van der Waals surface area (Å²) in [7, 11) is 0. The van der Waals surface area contributed by atoms with E-state index >= 15 is 0 Å². The zero-order chi connectivity index (χ0) is 26.1. The van der Waals surface area contributed by atoms with Gasteiger partial charge in [-0.15, -0.1) is 0 Å². The van der Waals surface area contributed by atoms with E-state index in [9.17, 15) is 24.9 Å². The van der Waals surface area contributed by atoms with Crippen LogP contribution in [0.25, 0.3) is 5.57 Å². The van der Waals surface area contributed by atoms with Crippen LogP contribution in [0.5, 0.6) is 5.75 Å². The quantitative estimate of drug-likeness (QED) is 0.348. The highest BCUT2D eigenvalue weighted by atomic mass is 16.6. The van der Waals surface area contributed by atoms with E-state index in [1.165, 1.54) is 0 Å². The van der Waals surface area contributed by atoms with Crippen LogP contribution in [-0.4, -0.2) is 71.5 Å². The number of allylic oxidation sites excluding steroid dienone is 1. The van der Waals surface area contributed by atoms with Gasteiger partial charge in [-0.3, -0.25) is 4.79 Å². The molecule has 1 aromatic rings. The largest absolute Gasteiger partial charge is 0.493 e. The predicted octanol–water partition coefficient (Wildman–Crippen LogP) is 2.30. The van der Waals surface area contributed by atoms with E-state index in [2.05, 4.69) is 0 Å². The fourth-order valence-electron chi connectivity index (χ4n) is 3.69. The highest BCUT2D eigenvalue weighted by Gasteiger charge is 2.31. The maximum Gasteiger partial charge on any atom is 0.339 e. The Morgan fingerprint density at radius 1 is 1.03 bits per heavy atom. The summed E-state index contributed by atoms with van der Waals surface area (Å²) in [5.41, 5.74) is 1.14. The Hall–Kier alpha value is -3.14. The number of rotatable bonds is 13. The third-order valence-electron chi connectivity index (χ3n) is 5.89. The molecule has 3 rings (SSSR count). The second-order valence-electron chi connectivity index (χ2n) is 8.66. The molecule has 1 heterocycles. The van der Waals surface area contributed by atoms with Crippen LogP contribution in [0.2, 0.25) is 0 Å². The van der Waals surface area contributed by atoms with Gasteiger partial charge in [-0.25, -0.2) is 4.79 Å². The van der Waals surface area contributed by atoms with Crippen molar-refractivity contribution in [3.63, 3.8) is 0 Å². The second kappa shape index (κ2) is 13.2. The zero-order valence-corrected chi connectivity index (χ0v) is 20.5. The van der Waals surface area contributed by atoms with E-state index in [0.717, 1.165) is 0 Å². The van der Waals surface area contributed by atoms with Gasteiger partial charge in [-0.2, -0.15) is 0 Å². The van der Waals surface area contributed by atoms with E-state index < -0.39 is 36.4 Å². The molecule has 9 heteroatoms. The summed E-state index contributed by atoms with van der Waals surface area (Å²) in [6.07, 6.45) is 5.08. The Morgan fingerprint density at radius 2 is 1.78 bits per heavy atom. The fourth-order valence-corrected chi connectivity index (χ4v) is 3.69. The second-order valence-corrected chi connectivity index (χ2v) is 8.66. The first-order valence-corrected chi connectivity index (χ1v) is 12.2. The molecule has 1 aromatic carbocycles. The van der Waals surface area contributed by atoms with E-state index in [1.54, 1.807) is 50.3 Å². The van der Waals surface area contributed by atoms with Gasteiger partial charge in [0.25, 0.3) is 0 Å². The number of hydrogen-bond acceptors (Lipinski definition) is 9. The molecule has 0 aromatic heterocycles. The lowest BCUT2D eigenvalue weighted by Gasteiger charge is -2.29. The molecule has 9 nitrogen and oxygen atoms in total. The van der Waals surface area contributed by atoms with Gasteiger partial charge in [0.1, 0.15) is 36.9 Å². The van der Waals surface area contributed by atoms with Gasteiger partial charge in [0.15, 0.2) is 0 Å². The maximum absolute atomic E-state index is 12.7. The molecule has 0 amide bonds. The van der Waals surface area contributed by atoms with Gasteiger partial charge < -0.3 is 34.3 Å². The molecular weight excluding hydrogens is 468 g/mol. The Bertz CT molecular complexity index is 979. The molecule has 2 aliphatic rings. The highest BCUT2D eigenvalue weighted by Crippen LogP contribution is 2.32. The molecule has 1 aliphatic carbocycles. The SMILES string of the molecule is CCC(=O)OCC(O)COC1=CC2OC(=O)C(c3ccc(OCCC(O)C(O)CC)cc3)=CC2C=C1. The van der Waals surface area contributed by atoms with Crippen LogP contribution < -0.4 is 4.74 Å². The third kappa shape index (κ3) is 7.68. The monoisotopic (exact) mass is 502 g/mol. The summed E-state index contributed by atoms with van der Waals surface area (Å²) < 4.78 is 21.7. The Labute approximate surface area is 210 Å². The first kappa shape index (κ1) is 27.4. The van der Waals surface area contributed by atoms with E-state index in [1.807, 2.05) is 12.2 Å². The standard InChI is InChI=1S/C27H34O9/c1-3-23(29)24(30)11-12-33-20-8-5-17(6-9-20)22-13-18-7-10-21(14-25(18)36-27(22)32)34-15-19(28)16-35-26(31)4-2/h5-10,13-14,18-19,23-25,28-30H,3-4,11-12,15-16H2,1-2H3. The molecule has 5 unspecified atom stereocenters. The van der Waals surface area contributed by atoms with Crippen molar-refractivity contribution in [3.05, 3.63) is 59.9 Å². The molecule has 0 fully saturated rings. The van der Waals surface area contributed by atoms with Crippen molar-refractivity contribution in [2.75, 3.05) is 19.8 Å². The van der Waals surface area contributed by atoms with Gasteiger partial charge in [-0.05, 0) is 36.3 Å². The maximum atomic E-state index is 12.7. The molecule has 36 heavy (non-hydrogen) atoms. The van der Waals surface area contributed by atoms with Crippen LogP contribution in [0.4, 0.5) is 0 Å². The molecule has 0 radical (unpaired) electrons. The van der Waals surface area contributed by atoms with Crippen LogP contribution in [0.1, 0.15) is 38.7 Å². The smallest absolute Gasteiger partial charge is 0.339 e. The molecule has 3 N–H and O–H groups in total. The molecule has 196 valence electrons. The lowest BCUT2D eigenvalue weighted by molar-refractivity contribution is -0.147. The van der Waals surface area contributed by atoms with E-state index in [4.69, 9.17) is 18.9 Å². The summed E-state index contributed by atoms with van der Waals surface area (Å²) in [5.74, 6) is 0.0331. The number of aliphatic hydroxyl groups excluding tert-OH is 3. The summed E-state index contributed by atoms with van der Waals surface area (Å²) in [4.78, 5) is 23.8. The molecule has 1 aliphatic heterocycles. The Kier molecular flexibility index (Phi) is 10.1. The topological polar surface area (TPSA) is 132 Å². The van der Waals surface area contributed by atoms with Crippen LogP contribution in [0.3, 0.4) is 0 Å². The molecule has 0 bridgehead atoms. The third-order valence-corrected chi connectivity index (χ3v) is 5.89. The van der Waals surface area contributed by atoms with Crippen molar-refractivity contribution < 1.29 is 43.9 Å². The van der Waals surface area contributed by atoms with Crippen molar-refractivity contribution in [3.8, 4) is 5.75 Å². The Balaban J connectivity index is 1.53. The molecule has 0 spiro atoms. The van der Waals surface area contributed by atoms with E-state index in [0.29, 0.717) is 35.5 Å². The van der Waals surface area contributed by atoms with Crippen LogP contribution in [-0.2, 0) is 23.8 Å². The van der Waals surface area contributed by atoms with Gasteiger partial charge in [0.2, 0.25) is 0 Å². The number of carbonyl (C=O) groups excluding carboxylic acids is 2. The van der Waals surface area contributed by atoms with Gasteiger partial charge in [0.05, 0.1) is 24.4 Å². The minimum absolute atomic E-state index is 0.0633. The molecule has 0 saturated carbocycles. The highest BCUT2D eigenvalue weighted by molar-refractivity contribution is 6.17. The zero-order valence-electron chi connectivity index (χ0n) is 20.5. The normalized spacial score (nSPS) is 21.3. The van der Waals surface area contributed by atoms with Crippen molar-refractivity contribution in [2.45, 2.75) is 57.5 Å². The number of ether oxygens (including phenoxy) is 4. The predicted molar refractivity (Wildman–Crippen MR) is 131 cm³/mol.